The quantitative estimate of drug-likeness (QED) is 0.908. The highest BCUT2D eigenvalue weighted by molar-refractivity contribution is 9.10. The molecule has 2 heterocycles. The Morgan fingerprint density at radius 3 is 2.89 bits per heavy atom. The normalized spacial score (nSPS) is 10.1. The zero-order chi connectivity index (χ0) is 13.0. The zero-order valence-corrected chi connectivity index (χ0v) is 12.1. The number of carbonyl (C=O) groups is 1. The number of rotatable bonds is 4. The van der Waals surface area contributed by atoms with Crippen molar-refractivity contribution in [3.8, 4) is 0 Å². The van der Waals surface area contributed by atoms with Crippen molar-refractivity contribution in [2.75, 3.05) is 12.4 Å². The van der Waals surface area contributed by atoms with Crippen LogP contribution in [0.1, 0.15) is 15.4 Å². The summed E-state index contributed by atoms with van der Waals surface area (Å²) in [4.78, 5) is 17.0. The van der Waals surface area contributed by atoms with E-state index in [2.05, 4.69) is 31.5 Å². The molecule has 0 aliphatic rings. The maximum absolute atomic E-state index is 11.8. The Hall–Kier alpha value is -1.40. The van der Waals surface area contributed by atoms with E-state index in [4.69, 9.17) is 0 Å². The van der Waals surface area contributed by atoms with Gasteiger partial charge in [-0.1, -0.05) is 0 Å². The first-order valence-corrected chi connectivity index (χ1v) is 7.01. The number of halogens is 1. The Balaban J connectivity index is 1.94. The average molecular weight is 326 g/mol. The fourth-order valence-electron chi connectivity index (χ4n) is 1.38. The van der Waals surface area contributed by atoms with E-state index in [1.165, 1.54) is 0 Å². The number of carbonyl (C=O) groups excluding carboxylic acids is 1. The first-order chi connectivity index (χ1) is 8.69. The third kappa shape index (κ3) is 3.30. The van der Waals surface area contributed by atoms with Gasteiger partial charge in [-0.2, -0.15) is 0 Å². The lowest BCUT2D eigenvalue weighted by atomic mass is 10.3. The van der Waals surface area contributed by atoms with Crippen LogP contribution < -0.4 is 10.6 Å². The summed E-state index contributed by atoms with van der Waals surface area (Å²) < 4.78 is 1.04. The molecule has 0 unspecified atom stereocenters. The minimum Gasteiger partial charge on any atom is -0.387 e. The number of amides is 1. The van der Waals surface area contributed by atoms with Gasteiger partial charge in [-0.25, -0.2) is 4.98 Å². The molecular weight excluding hydrogens is 314 g/mol. The number of nitrogens with one attached hydrogen (secondary N) is 2. The number of thiophene rings is 1. The van der Waals surface area contributed by atoms with Crippen molar-refractivity contribution in [1.82, 2.24) is 10.3 Å². The molecule has 0 atom stereocenters. The van der Waals surface area contributed by atoms with Crippen LogP contribution in [0.2, 0.25) is 0 Å². The van der Waals surface area contributed by atoms with E-state index in [0.717, 1.165) is 15.0 Å². The van der Waals surface area contributed by atoms with Gasteiger partial charge in [0, 0.05) is 21.8 Å². The van der Waals surface area contributed by atoms with Crippen molar-refractivity contribution >= 4 is 38.9 Å². The summed E-state index contributed by atoms with van der Waals surface area (Å²) in [6.07, 6.45) is 1.64. The molecule has 6 heteroatoms. The first-order valence-electron chi connectivity index (χ1n) is 5.34. The van der Waals surface area contributed by atoms with E-state index < -0.39 is 0 Å². The number of pyridine rings is 1. The molecule has 0 saturated heterocycles. The van der Waals surface area contributed by atoms with Crippen molar-refractivity contribution in [3.63, 3.8) is 0 Å². The highest BCUT2D eigenvalue weighted by Crippen LogP contribution is 2.19. The van der Waals surface area contributed by atoms with Gasteiger partial charge in [-0.3, -0.25) is 4.79 Å². The summed E-state index contributed by atoms with van der Waals surface area (Å²) in [6, 6.07) is 5.51. The van der Waals surface area contributed by atoms with Crippen LogP contribution in [-0.4, -0.2) is 17.9 Å². The Morgan fingerprint density at radius 1 is 1.50 bits per heavy atom. The van der Waals surface area contributed by atoms with E-state index in [1.807, 2.05) is 24.6 Å². The Bertz CT molecular complexity index is 539. The van der Waals surface area contributed by atoms with Gasteiger partial charge in [0.1, 0.15) is 5.69 Å². The molecule has 0 aliphatic heterocycles. The minimum atomic E-state index is -0.165. The molecule has 0 aromatic carbocycles. The number of hydrogen-bond donors (Lipinski definition) is 2. The van der Waals surface area contributed by atoms with Crippen LogP contribution in [0.3, 0.4) is 0 Å². The summed E-state index contributed by atoms with van der Waals surface area (Å²) in [6.45, 7) is 0.518. The molecule has 1 amide bonds. The van der Waals surface area contributed by atoms with Crippen LogP contribution in [0.4, 0.5) is 5.69 Å². The molecule has 0 spiro atoms. The van der Waals surface area contributed by atoms with Crippen LogP contribution in [-0.2, 0) is 6.54 Å². The lowest BCUT2D eigenvalue weighted by molar-refractivity contribution is 0.0946. The van der Waals surface area contributed by atoms with Gasteiger partial charge < -0.3 is 10.6 Å². The average Bonchev–Trinajstić information content (AvgIpc) is 2.82. The van der Waals surface area contributed by atoms with Gasteiger partial charge >= 0.3 is 0 Å². The molecule has 0 aliphatic carbocycles. The predicted molar refractivity (Wildman–Crippen MR) is 77.0 cm³/mol. The predicted octanol–water partition coefficient (Wildman–Crippen LogP) is 2.88. The molecule has 94 valence electrons. The number of nitrogens with zero attached hydrogens (tertiary/aromatic N) is 1. The minimum absolute atomic E-state index is 0.165. The van der Waals surface area contributed by atoms with Crippen molar-refractivity contribution in [2.24, 2.45) is 0 Å². The maximum Gasteiger partial charge on any atom is 0.270 e. The number of aromatic nitrogens is 1. The van der Waals surface area contributed by atoms with E-state index in [1.54, 1.807) is 23.6 Å². The van der Waals surface area contributed by atoms with Crippen LogP contribution in [0, 0.1) is 0 Å². The highest BCUT2D eigenvalue weighted by Gasteiger charge is 2.07. The number of hydrogen-bond acceptors (Lipinski definition) is 4. The summed E-state index contributed by atoms with van der Waals surface area (Å²) in [5.74, 6) is -0.165. The molecule has 0 saturated carbocycles. The fraction of sp³-hybridized carbons (Fsp3) is 0.167. The third-order valence-corrected chi connectivity index (χ3v) is 4.03. The monoisotopic (exact) mass is 325 g/mol. The molecule has 0 radical (unpaired) electrons. The maximum atomic E-state index is 11.8. The highest BCUT2D eigenvalue weighted by atomic mass is 79.9. The standard InChI is InChI=1S/C12H12BrN3OS/c1-14-9-2-3-11(15-5-9)12(17)16-6-10-4-8(13)7-18-10/h2-5,7,14H,6H2,1H3,(H,16,17). The van der Waals surface area contributed by atoms with Gasteiger partial charge in [0.15, 0.2) is 0 Å². The Morgan fingerprint density at radius 2 is 2.33 bits per heavy atom. The van der Waals surface area contributed by atoms with Crippen molar-refractivity contribution < 1.29 is 4.79 Å². The summed E-state index contributed by atoms with van der Waals surface area (Å²) in [7, 11) is 1.81. The van der Waals surface area contributed by atoms with Crippen molar-refractivity contribution in [2.45, 2.75) is 6.54 Å². The van der Waals surface area contributed by atoms with Crippen LogP contribution in [0.15, 0.2) is 34.2 Å². The van der Waals surface area contributed by atoms with E-state index in [0.29, 0.717) is 12.2 Å². The Kier molecular flexibility index (Phi) is 4.33. The Labute approximate surface area is 118 Å². The topological polar surface area (TPSA) is 54.0 Å². The van der Waals surface area contributed by atoms with Gasteiger partial charge in [0.05, 0.1) is 18.4 Å². The molecule has 18 heavy (non-hydrogen) atoms. The first kappa shape index (κ1) is 13.0. The van der Waals surface area contributed by atoms with E-state index in [9.17, 15) is 4.79 Å². The van der Waals surface area contributed by atoms with Crippen LogP contribution >= 0.6 is 27.3 Å². The molecule has 4 nitrogen and oxygen atoms in total. The molecule has 0 bridgehead atoms. The van der Waals surface area contributed by atoms with Gasteiger partial charge in [-0.05, 0) is 34.1 Å². The zero-order valence-electron chi connectivity index (χ0n) is 9.74. The van der Waals surface area contributed by atoms with Crippen molar-refractivity contribution in [1.29, 1.82) is 0 Å². The van der Waals surface area contributed by atoms with Gasteiger partial charge in [0.2, 0.25) is 0 Å². The van der Waals surface area contributed by atoms with Crippen molar-refractivity contribution in [3.05, 3.63) is 44.8 Å². The second-order valence-electron chi connectivity index (χ2n) is 3.60. The molecule has 2 aromatic heterocycles. The molecule has 2 aromatic rings. The molecule has 2 N–H and O–H groups in total. The SMILES string of the molecule is CNc1ccc(C(=O)NCc2cc(Br)cs2)nc1. The van der Waals surface area contributed by atoms with Gasteiger partial charge in [0.25, 0.3) is 5.91 Å². The molecule has 0 fully saturated rings. The van der Waals surface area contributed by atoms with E-state index >= 15 is 0 Å². The smallest absolute Gasteiger partial charge is 0.270 e. The molecule has 2 rings (SSSR count). The fourth-order valence-corrected chi connectivity index (χ4v) is 2.77. The summed E-state index contributed by atoms with van der Waals surface area (Å²) in [5, 5.41) is 7.78. The molecular formula is C12H12BrN3OS. The third-order valence-electron chi connectivity index (χ3n) is 2.33. The van der Waals surface area contributed by atoms with E-state index in [-0.39, 0.29) is 5.91 Å². The lowest BCUT2D eigenvalue weighted by Crippen LogP contribution is -2.23. The van der Waals surface area contributed by atoms with Gasteiger partial charge in [-0.15, -0.1) is 11.3 Å². The lowest BCUT2D eigenvalue weighted by Gasteiger charge is -2.04. The van der Waals surface area contributed by atoms with Crippen LogP contribution in [0.5, 0.6) is 0 Å². The van der Waals surface area contributed by atoms with Crippen LogP contribution in [0.25, 0.3) is 0 Å². The second-order valence-corrected chi connectivity index (χ2v) is 5.51. The number of anilines is 1. The second kappa shape index (κ2) is 5.97. The largest absolute Gasteiger partial charge is 0.387 e. The summed E-state index contributed by atoms with van der Waals surface area (Å²) in [5.41, 5.74) is 1.30. The summed E-state index contributed by atoms with van der Waals surface area (Å²) >= 11 is 4.98.